The van der Waals surface area contributed by atoms with Gasteiger partial charge in [-0.2, -0.15) is 0 Å². The molecule has 0 spiro atoms. The summed E-state index contributed by atoms with van der Waals surface area (Å²) in [6.07, 6.45) is 5.54. The summed E-state index contributed by atoms with van der Waals surface area (Å²) < 4.78 is 0. The Morgan fingerprint density at radius 2 is 2.05 bits per heavy atom. The molecule has 1 rings (SSSR count). The second-order valence-electron chi connectivity index (χ2n) is 5.24. The van der Waals surface area contributed by atoms with Crippen molar-refractivity contribution in [3.8, 4) is 0 Å². The molecule has 0 aromatic carbocycles. The van der Waals surface area contributed by atoms with Gasteiger partial charge in [0.2, 0.25) is 0 Å². The fourth-order valence-corrected chi connectivity index (χ4v) is 3.28. The highest BCUT2D eigenvalue weighted by Gasteiger charge is 2.12. The fourth-order valence-electron chi connectivity index (χ4n) is 2.31. The second kappa shape index (κ2) is 8.43. The van der Waals surface area contributed by atoms with Crippen LogP contribution in [0.1, 0.15) is 54.6 Å². The predicted molar refractivity (Wildman–Crippen MR) is 81.6 cm³/mol. The Kier molecular flexibility index (Phi) is 7.24. The number of aryl methyl sites for hydroxylation is 2. The van der Waals surface area contributed by atoms with E-state index in [-0.39, 0.29) is 0 Å². The van der Waals surface area contributed by atoms with Gasteiger partial charge in [-0.15, -0.1) is 11.3 Å². The second-order valence-corrected chi connectivity index (χ2v) is 6.52. The predicted octanol–water partition coefficient (Wildman–Crippen LogP) is 3.42. The maximum absolute atomic E-state index is 12.0. The van der Waals surface area contributed by atoms with Crippen LogP contribution in [0.3, 0.4) is 0 Å². The minimum Gasteiger partial charge on any atom is -0.330 e. The lowest BCUT2D eigenvalue weighted by atomic mass is 9.93. The monoisotopic (exact) mass is 282 g/mol. The van der Waals surface area contributed by atoms with Crippen molar-refractivity contribution in [3.63, 3.8) is 0 Å². The molecule has 0 amide bonds. The summed E-state index contributed by atoms with van der Waals surface area (Å²) in [7, 11) is 0. The number of carbonyl (C=O) groups excluding carboxylic acids is 1. The molecule has 3 nitrogen and oxygen atoms in total. The van der Waals surface area contributed by atoms with E-state index >= 15 is 0 Å². The normalized spacial score (nSPS) is 12.6. The first kappa shape index (κ1) is 16.3. The van der Waals surface area contributed by atoms with Gasteiger partial charge in [-0.05, 0) is 39.2 Å². The molecule has 108 valence electrons. The molecule has 0 saturated carbocycles. The average molecular weight is 282 g/mol. The number of hydrogen-bond acceptors (Lipinski definition) is 4. The first-order chi connectivity index (χ1) is 9.06. The van der Waals surface area contributed by atoms with Crippen molar-refractivity contribution < 1.29 is 4.79 Å². The minimum atomic E-state index is 0.312. The number of aromatic nitrogens is 1. The molecule has 0 aliphatic heterocycles. The van der Waals surface area contributed by atoms with Crippen molar-refractivity contribution >= 4 is 17.1 Å². The summed E-state index contributed by atoms with van der Waals surface area (Å²) in [5.41, 5.74) is 6.67. The van der Waals surface area contributed by atoms with E-state index in [1.807, 2.05) is 6.92 Å². The molecule has 0 saturated heterocycles. The summed E-state index contributed by atoms with van der Waals surface area (Å²) in [6, 6.07) is 0. The highest BCUT2D eigenvalue weighted by molar-refractivity contribution is 7.11. The van der Waals surface area contributed by atoms with Gasteiger partial charge in [-0.1, -0.05) is 19.8 Å². The van der Waals surface area contributed by atoms with Crippen LogP contribution in [-0.2, 0) is 11.2 Å². The summed E-state index contributed by atoms with van der Waals surface area (Å²) in [5.74, 6) is 0.922. The van der Waals surface area contributed by atoms with Crippen molar-refractivity contribution in [2.24, 2.45) is 11.7 Å². The number of hydrogen-bond donors (Lipinski definition) is 1. The van der Waals surface area contributed by atoms with Crippen LogP contribution in [0, 0.1) is 19.8 Å². The maximum atomic E-state index is 12.0. The summed E-state index contributed by atoms with van der Waals surface area (Å²) >= 11 is 1.65. The summed E-state index contributed by atoms with van der Waals surface area (Å²) in [4.78, 5) is 17.6. The molecule has 0 radical (unpaired) electrons. The number of carbonyl (C=O) groups is 1. The number of nitrogens with two attached hydrogens (primary N) is 1. The summed E-state index contributed by atoms with van der Waals surface area (Å²) in [5, 5.41) is 0.964. The standard InChI is InChI=1S/C15H26N2OS/c1-4-5-13(8-9-16)6-7-14(18)10-15-17-11(2)12(3)19-15/h13H,4-10,16H2,1-3H3. The van der Waals surface area contributed by atoms with Gasteiger partial charge in [0.05, 0.1) is 12.1 Å². The topological polar surface area (TPSA) is 56.0 Å². The van der Waals surface area contributed by atoms with E-state index in [4.69, 9.17) is 5.73 Å². The lowest BCUT2D eigenvalue weighted by Gasteiger charge is -2.13. The van der Waals surface area contributed by atoms with Crippen LogP contribution in [0.15, 0.2) is 0 Å². The van der Waals surface area contributed by atoms with Gasteiger partial charge < -0.3 is 5.73 Å². The van der Waals surface area contributed by atoms with Crippen LogP contribution < -0.4 is 5.73 Å². The van der Waals surface area contributed by atoms with Crippen LogP contribution in [0.25, 0.3) is 0 Å². The molecular weight excluding hydrogens is 256 g/mol. The molecule has 2 N–H and O–H groups in total. The third-order valence-corrected chi connectivity index (χ3v) is 4.60. The molecule has 1 aromatic rings. The molecule has 0 bridgehead atoms. The lowest BCUT2D eigenvalue weighted by molar-refractivity contribution is -0.118. The number of Topliss-reactive ketones (excluding diaryl/α,β-unsaturated/α-hetero) is 1. The van der Waals surface area contributed by atoms with Gasteiger partial charge in [0.15, 0.2) is 0 Å². The number of rotatable bonds is 9. The van der Waals surface area contributed by atoms with E-state index < -0.39 is 0 Å². The molecule has 0 aliphatic carbocycles. The molecule has 0 aliphatic rings. The quantitative estimate of drug-likeness (QED) is 0.755. The fraction of sp³-hybridized carbons (Fsp3) is 0.733. The van der Waals surface area contributed by atoms with E-state index in [1.54, 1.807) is 11.3 Å². The SMILES string of the molecule is CCCC(CCN)CCC(=O)Cc1nc(C)c(C)s1. The molecule has 1 unspecified atom stereocenters. The molecule has 1 heterocycles. The Balaban J connectivity index is 2.37. The van der Waals surface area contributed by atoms with Crippen molar-refractivity contribution in [3.05, 3.63) is 15.6 Å². The van der Waals surface area contributed by atoms with Crippen molar-refractivity contribution in [1.82, 2.24) is 4.98 Å². The maximum Gasteiger partial charge on any atom is 0.139 e. The zero-order valence-corrected chi connectivity index (χ0v) is 13.2. The van der Waals surface area contributed by atoms with Gasteiger partial charge >= 0.3 is 0 Å². The van der Waals surface area contributed by atoms with E-state index in [9.17, 15) is 4.79 Å². The highest BCUT2D eigenvalue weighted by Crippen LogP contribution is 2.20. The molecule has 0 fully saturated rings. The Bertz CT molecular complexity index is 375. The number of nitrogens with zero attached hydrogens (tertiary/aromatic N) is 1. The Morgan fingerprint density at radius 3 is 2.58 bits per heavy atom. The third kappa shape index (κ3) is 5.83. The van der Waals surface area contributed by atoms with Crippen LogP contribution >= 0.6 is 11.3 Å². The first-order valence-electron chi connectivity index (χ1n) is 7.21. The van der Waals surface area contributed by atoms with Gasteiger partial charge in [0, 0.05) is 11.3 Å². The van der Waals surface area contributed by atoms with Crippen LogP contribution in [0.5, 0.6) is 0 Å². The van der Waals surface area contributed by atoms with Crippen LogP contribution in [0.4, 0.5) is 0 Å². The van der Waals surface area contributed by atoms with Gasteiger partial charge in [0.1, 0.15) is 10.8 Å². The summed E-state index contributed by atoms with van der Waals surface area (Å²) in [6.45, 7) is 6.97. The Hall–Kier alpha value is -0.740. The zero-order valence-electron chi connectivity index (χ0n) is 12.4. The van der Waals surface area contributed by atoms with Crippen molar-refractivity contribution in [1.29, 1.82) is 0 Å². The first-order valence-corrected chi connectivity index (χ1v) is 8.03. The lowest BCUT2D eigenvalue weighted by Crippen LogP contribution is -2.11. The van der Waals surface area contributed by atoms with E-state index in [2.05, 4.69) is 18.8 Å². The van der Waals surface area contributed by atoms with Crippen LogP contribution in [0.2, 0.25) is 0 Å². The molecule has 1 atom stereocenters. The smallest absolute Gasteiger partial charge is 0.139 e. The molecule has 1 aromatic heterocycles. The van der Waals surface area contributed by atoms with E-state index in [0.717, 1.165) is 30.1 Å². The van der Waals surface area contributed by atoms with E-state index in [0.29, 0.717) is 24.5 Å². The Labute approximate surface area is 120 Å². The third-order valence-electron chi connectivity index (χ3n) is 3.52. The number of ketones is 1. The Morgan fingerprint density at radius 1 is 1.32 bits per heavy atom. The minimum absolute atomic E-state index is 0.312. The zero-order chi connectivity index (χ0) is 14.3. The van der Waals surface area contributed by atoms with Gasteiger partial charge in [0.25, 0.3) is 0 Å². The van der Waals surface area contributed by atoms with Crippen molar-refractivity contribution in [2.75, 3.05) is 6.54 Å². The largest absolute Gasteiger partial charge is 0.330 e. The number of thiazole rings is 1. The average Bonchev–Trinajstić information content (AvgIpc) is 2.66. The van der Waals surface area contributed by atoms with Gasteiger partial charge in [-0.3, -0.25) is 4.79 Å². The molecule has 4 heteroatoms. The van der Waals surface area contributed by atoms with Gasteiger partial charge in [-0.25, -0.2) is 4.98 Å². The van der Waals surface area contributed by atoms with E-state index in [1.165, 1.54) is 17.7 Å². The van der Waals surface area contributed by atoms with Crippen molar-refractivity contribution in [2.45, 2.75) is 59.3 Å². The molecular formula is C15H26N2OS. The van der Waals surface area contributed by atoms with Crippen LogP contribution in [-0.4, -0.2) is 17.3 Å². The molecule has 19 heavy (non-hydrogen) atoms. The highest BCUT2D eigenvalue weighted by atomic mass is 32.1.